The van der Waals surface area contributed by atoms with Crippen molar-refractivity contribution in [3.8, 4) is 0 Å². The molecule has 4 nitrogen and oxygen atoms in total. The predicted octanol–water partition coefficient (Wildman–Crippen LogP) is 1.20. The fraction of sp³-hybridized carbons (Fsp3) is 0.462. The topological polar surface area (TPSA) is 73.3 Å². The standard InChI is InChI=1S/C13H21N3O/c14-13(15)7-4-8-16(9-10-17)11-12-5-2-1-3-6-12/h1-3,5-6,17H,4,7-11H2,(H3,14,15). The molecule has 4 N–H and O–H groups in total. The summed E-state index contributed by atoms with van der Waals surface area (Å²) < 4.78 is 0. The summed E-state index contributed by atoms with van der Waals surface area (Å²) in [4.78, 5) is 2.18. The van der Waals surface area contributed by atoms with E-state index in [9.17, 15) is 0 Å². The van der Waals surface area contributed by atoms with Crippen molar-refractivity contribution >= 4 is 5.84 Å². The lowest BCUT2D eigenvalue weighted by atomic mass is 10.2. The number of nitrogens with zero attached hydrogens (tertiary/aromatic N) is 1. The van der Waals surface area contributed by atoms with Crippen LogP contribution < -0.4 is 5.73 Å². The summed E-state index contributed by atoms with van der Waals surface area (Å²) in [6.45, 7) is 2.51. The molecule has 0 spiro atoms. The van der Waals surface area contributed by atoms with Crippen molar-refractivity contribution in [2.24, 2.45) is 5.73 Å². The lowest BCUT2D eigenvalue weighted by Gasteiger charge is -2.21. The Hall–Kier alpha value is -1.39. The number of nitrogens with two attached hydrogens (primary N) is 1. The normalized spacial score (nSPS) is 10.7. The van der Waals surface area contributed by atoms with Crippen LogP contribution in [0.4, 0.5) is 0 Å². The minimum atomic E-state index is 0.160. The van der Waals surface area contributed by atoms with Crippen molar-refractivity contribution in [1.29, 1.82) is 5.41 Å². The highest BCUT2D eigenvalue weighted by atomic mass is 16.3. The largest absolute Gasteiger partial charge is 0.395 e. The van der Waals surface area contributed by atoms with Crippen LogP contribution >= 0.6 is 0 Å². The lowest BCUT2D eigenvalue weighted by molar-refractivity contribution is 0.189. The Kier molecular flexibility index (Phi) is 6.29. The van der Waals surface area contributed by atoms with E-state index in [1.807, 2.05) is 18.2 Å². The molecule has 0 heterocycles. The van der Waals surface area contributed by atoms with E-state index in [0.717, 1.165) is 19.5 Å². The van der Waals surface area contributed by atoms with Gasteiger partial charge in [-0.25, -0.2) is 0 Å². The molecule has 0 amide bonds. The summed E-state index contributed by atoms with van der Waals surface area (Å²) >= 11 is 0. The van der Waals surface area contributed by atoms with Gasteiger partial charge in [-0.1, -0.05) is 30.3 Å². The Morgan fingerprint density at radius 1 is 1.24 bits per heavy atom. The molecule has 0 saturated heterocycles. The fourth-order valence-electron chi connectivity index (χ4n) is 1.75. The molecule has 1 aromatic carbocycles. The first-order valence-electron chi connectivity index (χ1n) is 5.92. The molecule has 0 fully saturated rings. The second-order valence-electron chi connectivity index (χ2n) is 4.11. The summed E-state index contributed by atoms with van der Waals surface area (Å²) in [6.07, 6.45) is 1.49. The van der Waals surface area contributed by atoms with Crippen LogP contribution in [0.1, 0.15) is 18.4 Å². The van der Waals surface area contributed by atoms with Crippen LogP contribution in [-0.2, 0) is 6.54 Å². The maximum atomic E-state index is 9.01. The zero-order valence-electron chi connectivity index (χ0n) is 10.1. The van der Waals surface area contributed by atoms with Gasteiger partial charge in [-0.3, -0.25) is 10.3 Å². The highest BCUT2D eigenvalue weighted by Gasteiger charge is 2.05. The van der Waals surface area contributed by atoms with E-state index >= 15 is 0 Å². The molecule has 0 atom stereocenters. The van der Waals surface area contributed by atoms with Crippen LogP contribution in [0.5, 0.6) is 0 Å². The zero-order chi connectivity index (χ0) is 12.5. The summed E-state index contributed by atoms with van der Waals surface area (Å²) in [5.74, 6) is 0.230. The van der Waals surface area contributed by atoms with E-state index in [4.69, 9.17) is 16.2 Å². The van der Waals surface area contributed by atoms with Crippen LogP contribution in [0.2, 0.25) is 0 Å². The van der Waals surface area contributed by atoms with Crippen LogP contribution in [0.25, 0.3) is 0 Å². The first-order valence-corrected chi connectivity index (χ1v) is 5.92. The van der Waals surface area contributed by atoms with Crippen LogP contribution in [0.15, 0.2) is 30.3 Å². The van der Waals surface area contributed by atoms with Crippen LogP contribution in [0.3, 0.4) is 0 Å². The van der Waals surface area contributed by atoms with E-state index in [1.54, 1.807) is 0 Å². The molecular weight excluding hydrogens is 214 g/mol. The summed E-state index contributed by atoms with van der Waals surface area (Å²) in [5, 5.41) is 16.2. The van der Waals surface area contributed by atoms with Crippen molar-refractivity contribution in [3.63, 3.8) is 0 Å². The molecule has 0 unspecified atom stereocenters. The first-order chi connectivity index (χ1) is 8.22. The first kappa shape index (κ1) is 13.7. The molecule has 1 aromatic rings. The van der Waals surface area contributed by atoms with Gasteiger partial charge in [0.25, 0.3) is 0 Å². The molecule has 94 valence electrons. The summed E-state index contributed by atoms with van der Waals surface area (Å²) in [6, 6.07) is 10.2. The summed E-state index contributed by atoms with van der Waals surface area (Å²) in [7, 11) is 0. The second kappa shape index (κ2) is 7.81. The van der Waals surface area contributed by atoms with E-state index < -0.39 is 0 Å². The third-order valence-electron chi connectivity index (χ3n) is 2.59. The Labute approximate surface area is 103 Å². The van der Waals surface area contributed by atoms with Crippen molar-refractivity contribution in [2.45, 2.75) is 19.4 Å². The van der Waals surface area contributed by atoms with Crippen molar-refractivity contribution in [3.05, 3.63) is 35.9 Å². The molecule has 0 bridgehead atoms. The van der Waals surface area contributed by atoms with Gasteiger partial charge in [0.1, 0.15) is 0 Å². The highest BCUT2D eigenvalue weighted by Crippen LogP contribution is 2.05. The smallest absolute Gasteiger partial charge is 0.0905 e. The number of rotatable bonds is 8. The SMILES string of the molecule is N=C(N)CCCN(CCO)Cc1ccccc1. The number of aliphatic hydroxyl groups is 1. The Bertz CT molecular complexity index is 327. The number of aliphatic hydroxyl groups excluding tert-OH is 1. The zero-order valence-corrected chi connectivity index (χ0v) is 10.1. The fourth-order valence-corrected chi connectivity index (χ4v) is 1.75. The third kappa shape index (κ3) is 6.04. The average Bonchev–Trinajstić information content (AvgIpc) is 2.30. The molecule has 0 aromatic heterocycles. The lowest BCUT2D eigenvalue weighted by Crippen LogP contribution is -2.28. The van der Waals surface area contributed by atoms with Crippen LogP contribution in [0, 0.1) is 5.41 Å². The molecular formula is C13H21N3O. The number of amidine groups is 1. The Balaban J connectivity index is 2.40. The van der Waals surface area contributed by atoms with Gasteiger partial charge in [0.2, 0.25) is 0 Å². The molecule has 4 heteroatoms. The van der Waals surface area contributed by atoms with Gasteiger partial charge in [-0.2, -0.15) is 0 Å². The minimum Gasteiger partial charge on any atom is -0.395 e. The highest BCUT2D eigenvalue weighted by molar-refractivity contribution is 5.76. The Morgan fingerprint density at radius 2 is 1.94 bits per heavy atom. The van der Waals surface area contributed by atoms with Gasteiger partial charge >= 0.3 is 0 Å². The maximum absolute atomic E-state index is 9.01. The monoisotopic (exact) mass is 235 g/mol. The van der Waals surface area contributed by atoms with Gasteiger partial charge in [-0.15, -0.1) is 0 Å². The van der Waals surface area contributed by atoms with Crippen LogP contribution in [-0.4, -0.2) is 35.5 Å². The molecule has 17 heavy (non-hydrogen) atoms. The van der Waals surface area contributed by atoms with Gasteiger partial charge in [-0.05, 0) is 18.5 Å². The van der Waals surface area contributed by atoms with Gasteiger partial charge < -0.3 is 10.8 Å². The maximum Gasteiger partial charge on any atom is 0.0905 e. The molecule has 0 aliphatic heterocycles. The van der Waals surface area contributed by atoms with E-state index in [1.165, 1.54) is 5.56 Å². The summed E-state index contributed by atoms with van der Waals surface area (Å²) in [5.41, 5.74) is 6.56. The second-order valence-corrected chi connectivity index (χ2v) is 4.11. The quantitative estimate of drug-likeness (QED) is 0.468. The number of hydrogen-bond donors (Lipinski definition) is 3. The van der Waals surface area contributed by atoms with Gasteiger partial charge in [0, 0.05) is 19.5 Å². The number of nitrogens with one attached hydrogen (secondary N) is 1. The van der Waals surface area contributed by atoms with E-state index in [-0.39, 0.29) is 12.4 Å². The molecule has 0 radical (unpaired) electrons. The molecule has 0 aliphatic carbocycles. The van der Waals surface area contributed by atoms with E-state index in [2.05, 4.69) is 17.0 Å². The third-order valence-corrected chi connectivity index (χ3v) is 2.59. The molecule has 0 saturated carbocycles. The Morgan fingerprint density at radius 3 is 2.53 bits per heavy atom. The van der Waals surface area contributed by atoms with Gasteiger partial charge in [0.05, 0.1) is 12.4 Å². The average molecular weight is 235 g/mol. The minimum absolute atomic E-state index is 0.160. The number of hydrogen-bond acceptors (Lipinski definition) is 3. The molecule has 1 rings (SSSR count). The van der Waals surface area contributed by atoms with Crippen molar-refractivity contribution in [1.82, 2.24) is 4.90 Å². The number of benzene rings is 1. The van der Waals surface area contributed by atoms with E-state index in [0.29, 0.717) is 13.0 Å². The predicted molar refractivity (Wildman–Crippen MR) is 70.0 cm³/mol. The van der Waals surface area contributed by atoms with Crippen molar-refractivity contribution < 1.29 is 5.11 Å². The molecule has 0 aliphatic rings. The van der Waals surface area contributed by atoms with Crippen molar-refractivity contribution in [2.75, 3.05) is 19.7 Å². The van der Waals surface area contributed by atoms with Gasteiger partial charge in [0.15, 0.2) is 0 Å².